The summed E-state index contributed by atoms with van der Waals surface area (Å²) in [7, 11) is 1.52. The van der Waals surface area contributed by atoms with Crippen molar-refractivity contribution in [1.29, 1.82) is 0 Å². The van der Waals surface area contributed by atoms with Gasteiger partial charge in [0.05, 0.1) is 18.1 Å². The number of rotatable bonds is 6. The second-order valence-corrected chi connectivity index (χ2v) is 6.95. The molecule has 0 saturated heterocycles. The number of anilines is 1. The topological polar surface area (TPSA) is 64.6 Å². The average Bonchev–Trinajstić information content (AvgIpc) is 3.21. The molecular formula is C21H22ClNO4. The van der Waals surface area contributed by atoms with Crippen LogP contribution >= 0.6 is 11.6 Å². The average molecular weight is 388 g/mol. The fourth-order valence-corrected chi connectivity index (χ4v) is 3.48. The molecule has 1 aliphatic carbocycles. The number of hydrogen-bond acceptors (Lipinski definition) is 4. The zero-order chi connectivity index (χ0) is 19.2. The highest BCUT2D eigenvalue weighted by atomic mass is 35.5. The Morgan fingerprint density at radius 3 is 2.44 bits per heavy atom. The van der Waals surface area contributed by atoms with Gasteiger partial charge in [-0.15, -0.1) is 0 Å². The molecule has 1 N–H and O–H groups in total. The number of esters is 1. The van der Waals surface area contributed by atoms with E-state index < -0.39 is 12.0 Å². The Morgan fingerprint density at radius 1 is 1.11 bits per heavy atom. The molecular weight excluding hydrogens is 366 g/mol. The molecule has 1 atom stereocenters. The van der Waals surface area contributed by atoms with Crippen LogP contribution in [0.4, 0.5) is 5.69 Å². The fraction of sp³-hybridized carbons (Fsp3) is 0.333. The van der Waals surface area contributed by atoms with Gasteiger partial charge in [0.25, 0.3) is 5.91 Å². The van der Waals surface area contributed by atoms with Crippen molar-refractivity contribution in [2.45, 2.75) is 31.8 Å². The first-order chi connectivity index (χ1) is 13.1. The van der Waals surface area contributed by atoms with Crippen molar-refractivity contribution in [3.8, 4) is 5.75 Å². The highest BCUT2D eigenvalue weighted by Crippen LogP contribution is 2.30. The molecule has 0 bridgehead atoms. The van der Waals surface area contributed by atoms with Crippen molar-refractivity contribution < 1.29 is 19.1 Å². The number of benzene rings is 2. The fourth-order valence-electron chi connectivity index (χ4n) is 3.23. The summed E-state index contributed by atoms with van der Waals surface area (Å²) in [5.41, 5.74) is 1.13. The predicted octanol–water partition coefficient (Wildman–Crippen LogP) is 4.76. The lowest BCUT2D eigenvalue weighted by molar-refractivity contribution is -0.158. The molecule has 0 spiro atoms. The van der Waals surface area contributed by atoms with Gasteiger partial charge in [-0.3, -0.25) is 9.59 Å². The third-order valence-corrected chi connectivity index (χ3v) is 4.98. The Hall–Kier alpha value is -2.53. The summed E-state index contributed by atoms with van der Waals surface area (Å²) in [4.78, 5) is 25.4. The van der Waals surface area contributed by atoms with Crippen molar-refractivity contribution in [2.75, 3.05) is 12.4 Å². The normalized spacial score (nSPS) is 15.2. The van der Waals surface area contributed by atoms with Gasteiger partial charge in [-0.25, -0.2) is 0 Å². The first kappa shape index (κ1) is 19.2. The molecule has 3 rings (SSSR count). The summed E-state index contributed by atoms with van der Waals surface area (Å²) in [6.45, 7) is 0. The third-order valence-electron chi connectivity index (χ3n) is 4.68. The molecule has 142 valence electrons. The number of hydrogen-bond donors (Lipinski definition) is 1. The zero-order valence-corrected chi connectivity index (χ0v) is 15.9. The van der Waals surface area contributed by atoms with E-state index in [0.29, 0.717) is 22.0 Å². The maximum Gasteiger partial charge on any atom is 0.310 e. The van der Waals surface area contributed by atoms with Crippen LogP contribution in [0.15, 0.2) is 48.5 Å². The Morgan fingerprint density at radius 2 is 1.81 bits per heavy atom. The summed E-state index contributed by atoms with van der Waals surface area (Å²) in [5.74, 6) is -0.348. The number of amides is 1. The van der Waals surface area contributed by atoms with Crippen LogP contribution in [0.2, 0.25) is 5.02 Å². The number of halogens is 1. The lowest BCUT2D eigenvalue weighted by atomic mass is 10.1. The molecule has 0 unspecified atom stereocenters. The van der Waals surface area contributed by atoms with Crippen LogP contribution in [-0.4, -0.2) is 19.0 Å². The first-order valence-corrected chi connectivity index (χ1v) is 9.36. The van der Waals surface area contributed by atoms with Crippen LogP contribution in [0, 0.1) is 5.92 Å². The van der Waals surface area contributed by atoms with Crippen LogP contribution in [0.5, 0.6) is 5.75 Å². The van der Waals surface area contributed by atoms with Crippen molar-refractivity contribution in [1.82, 2.24) is 0 Å². The standard InChI is InChI=1S/C21H22ClNO4/c1-26-18-12-11-16(13-17(18)22)23-20(24)19(14-7-3-2-4-8-14)27-21(25)15-9-5-6-10-15/h2-4,7-8,11-13,15,19H,5-6,9-10H2,1H3,(H,23,24)/t19-/m0/s1. The molecule has 0 radical (unpaired) electrons. The smallest absolute Gasteiger partial charge is 0.310 e. The quantitative estimate of drug-likeness (QED) is 0.725. The number of carbonyl (C=O) groups excluding carboxylic acids is 2. The second-order valence-electron chi connectivity index (χ2n) is 6.55. The van der Waals surface area contributed by atoms with Gasteiger partial charge in [0.1, 0.15) is 5.75 Å². The molecule has 0 aromatic heterocycles. The van der Waals surface area contributed by atoms with E-state index in [4.69, 9.17) is 21.1 Å². The summed E-state index contributed by atoms with van der Waals surface area (Å²) in [6, 6.07) is 14.0. The number of carbonyl (C=O) groups is 2. The van der Waals surface area contributed by atoms with Crippen molar-refractivity contribution >= 4 is 29.2 Å². The molecule has 1 fully saturated rings. The van der Waals surface area contributed by atoms with Gasteiger partial charge >= 0.3 is 5.97 Å². The molecule has 1 saturated carbocycles. The summed E-state index contributed by atoms with van der Waals surface area (Å²) in [6.07, 6.45) is 2.66. The van der Waals surface area contributed by atoms with Crippen molar-refractivity contribution in [3.05, 3.63) is 59.1 Å². The number of nitrogens with one attached hydrogen (secondary N) is 1. The Balaban J connectivity index is 1.78. The Labute approximate surface area is 163 Å². The minimum Gasteiger partial charge on any atom is -0.495 e. The first-order valence-electron chi connectivity index (χ1n) is 8.98. The summed E-state index contributed by atoms with van der Waals surface area (Å²) < 4.78 is 10.7. The van der Waals surface area contributed by atoms with E-state index in [9.17, 15) is 9.59 Å². The van der Waals surface area contributed by atoms with E-state index in [0.717, 1.165) is 25.7 Å². The lowest BCUT2D eigenvalue weighted by Crippen LogP contribution is -2.28. The van der Waals surface area contributed by atoms with Crippen molar-refractivity contribution in [3.63, 3.8) is 0 Å². The van der Waals surface area contributed by atoms with Gasteiger partial charge in [-0.2, -0.15) is 0 Å². The molecule has 0 aliphatic heterocycles. The molecule has 0 heterocycles. The number of methoxy groups -OCH3 is 1. The molecule has 2 aromatic rings. The van der Waals surface area contributed by atoms with Gasteiger partial charge in [-0.05, 0) is 31.0 Å². The largest absolute Gasteiger partial charge is 0.495 e. The minimum atomic E-state index is -1.01. The monoisotopic (exact) mass is 387 g/mol. The molecule has 5 nitrogen and oxygen atoms in total. The van der Waals surface area contributed by atoms with Crippen LogP contribution in [0.3, 0.4) is 0 Å². The third kappa shape index (κ3) is 4.80. The van der Waals surface area contributed by atoms with E-state index in [-0.39, 0.29) is 11.9 Å². The second kappa shape index (κ2) is 8.91. The van der Waals surface area contributed by atoms with Gasteiger partial charge < -0.3 is 14.8 Å². The van der Waals surface area contributed by atoms with Crippen LogP contribution in [-0.2, 0) is 14.3 Å². The van der Waals surface area contributed by atoms with Crippen LogP contribution < -0.4 is 10.1 Å². The summed E-state index contributed by atoms with van der Waals surface area (Å²) in [5, 5.41) is 3.16. The van der Waals surface area contributed by atoms with Gasteiger partial charge in [0.2, 0.25) is 6.10 Å². The zero-order valence-electron chi connectivity index (χ0n) is 15.1. The number of ether oxygens (including phenoxy) is 2. The molecule has 2 aromatic carbocycles. The van der Waals surface area contributed by atoms with Gasteiger partial charge in [0, 0.05) is 11.3 Å². The Kier molecular flexibility index (Phi) is 6.35. The van der Waals surface area contributed by atoms with Crippen LogP contribution in [0.1, 0.15) is 37.4 Å². The molecule has 27 heavy (non-hydrogen) atoms. The van der Waals surface area contributed by atoms with E-state index in [1.54, 1.807) is 30.3 Å². The highest BCUT2D eigenvalue weighted by Gasteiger charge is 2.30. The molecule has 1 amide bonds. The predicted molar refractivity (Wildman–Crippen MR) is 104 cm³/mol. The van der Waals surface area contributed by atoms with Gasteiger partial charge in [0.15, 0.2) is 0 Å². The Bertz CT molecular complexity index is 803. The lowest BCUT2D eigenvalue weighted by Gasteiger charge is -2.20. The highest BCUT2D eigenvalue weighted by molar-refractivity contribution is 6.32. The molecule has 6 heteroatoms. The maximum atomic E-state index is 12.9. The van der Waals surface area contributed by atoms with E-state index in [2.05, 4.69) is 5.32 Å². The van der Waals surface area contributed by atoms with Crippen molar-refractivity contribution in [2.24, 2.45) is 5.92 Å². The summed E-state index contributed by atoms with van der Waals surface area (Å²) >= 11 is 6.12. The maximum absolute atomic E-state index is 12.9. The van der Waals surface area contributed by atoms with E-state index in [1.165, 1.54) is 7.11 Å². The molecule has 1 aliphatic rings. The SMILES string of the molecule is COc1ccc(NC(=O)[C@@H](OC(=O)C2CCCC2)c2ccccc2)cc1Cl. The van der Waals surface area contributed by atoms with E-state index >= 15 is 0 Å². The minimum absolute atomic E-state index is 0.126. The van der Waals surface area contributed by atoms with Gasteiger partial charge in [-0.1, -0.05) is 54.8 Å². The van der Waals surface area contributed by atoms with E-state index in [1.807, 2.05) is 18.2 Å². The van der Waals surface area contributed by atoms with Crippen LogP contribution in [0.25, 0.3) is 0 Å².